The van der Waals surface area contributed by atoms with Crippen molar-refractivity contribution in [3.8, 4) is 12.3 Å². The fraction of sp³-hybridized carbons (Fsp3) is 0.364. The topological polar surface area (TPSA) is 75.1 Å². The molecular weight excluding hydrogens is 206 g/mol. The summed E-state index contributed by atoms with van der Waals surface area (Å²) in [6.07, 6.45) is 8.24. The van der Waals surface area contributed by atoms with E-state index in [9.17, 15) is 4.79 Å². The largest absolute Gasteiger partial charge is 0.477 e. The van der Waals surface area contributed by atoms with E-state index in [1.165, 1.54) is 12.5 Å². The number of aromatic carboxylic acids is 1. The van der Waals surface area contributed by atoms with Crippen molar-refractivity contribution in [2.45, 2.75) is 25.8 Å². The van der Waals surface area contributed by atoms with E-state index < -0.39 is 11.5 Å². The number of nitrogens with zero attached hydrogens (tertiary/aromatic N) is 2. The van der Waals surface area contributed by atoms with E-state index in [-0.39, 0.29) is 11.4 Å². The van der Waals surface area contributed by atoms with Crippen LogP contribution in [0.4, 0.5) is 5.82 Å². The summed E-state index contributed by atoms with van der Waals surface area (Å²) in [6.45, 7) is 3.75. The molecular formula is C11H13N3O2. The third-order valence-corrected chi connectivity index (χ3v) is 1.94. The van der Waals surface area contributed by atoms with Crippen molar-refractivity contribution >= 4 is 11.8 Å². The molecule has 0 aromatic carbocycles. The SMILES string of the molecule is C#CCC(C)(C)Nc1ncncc1C(=O)O. The van der Waals surface area contributed by atoms with Gasteiger partial charge in [0.15, 0.2) is 0 Å². The molecule has 0 aliphatic heterocycles. The summed E-state index contributed by atoms with van der Waals surface area (Å²) < 4.78 is 0. The summed E-state index contributed by atoms with van der Waals surface area (Å²) >= 11 is 0. The van der Waals surface area contributed by atoms with E-state index in [0.717, 1.165) is 0 Å². The van der Waals surface area contributed by atoms with Crippen LogP contribution in [0.5, 0.6) is 0 Å². The van der Waals surface area contributed by atoms with Crippen LogP contribution in [0.3, 0.4) is 0 Å². The highest BCUT2D eigenvalue weighted by Crippen LogP contribution is 2.18. The van der Waals surface area contributed by atoms with Crippen molar-refractivity contribution in [1.82, 2.24) is 9.97 Å². The zero-order chi connectivity index (χ0) is 12.2. The van der Waals surface area contributed by atoms with Crippen LogP contribution in [-0.4, -0.2) is 26.6 Å². The van der Waals surface area contributed by atoms with Gasteiger partial charge in [-0.2, -0.15) is 0 Å². The molecule has 0 bridgehead atoms. The Morgan fingerprint density at radius 2 is 2.38 bits per heavy atom. The number of aromatic nitrogens is 2. The first-order valence-electron chi connectivity index (χ1n) is 4.71. The van der Waals surface area contributed by atoms with Crippen molar-refractivity contribution in [3.63, 3.8) is 0 Å². The highest BCUT2D eigenvalue weighted by atomic mass is 16.4. The van der Waals surface area contributed by atoms with E-state index in [2.05, 4.69) is 21.2 Å². The minimum absolute atomic E-state index is 0.0348. The molecule has 0 unspecified atom stereocenters. The Bertz CT molecular complexity index is 435. The predicted molar refractivity (Wildman–Crippen MR) is 60.1 cm³/mol. The molecule has 1 rings (SSSR count). The number of terminal acetylenes is 1. The molecule has 16 heavy (non-hydrogen) atoms. The zero-order valence-corrected chi connectivity index (χ0v) is 9.19. The van der Waals surface area contributed by atoms with Crippen LogP contribution >= 0.6 is 0 Å². The highest BCUT2D eigenvalue weighted by Gasteiger charge is 2.20. The van der Waals surface area contributed by atoms with Gasteiger partial charge in [-0.1, -0.05) is 0 Å². The number of carboxylic acids is 1. The van der Waals surface area contributed by atoms with Crippen molar-refractivity contribution in [1.29, 1.82) is 0 Å². The van der Waals surface area contributed by atoms with Gasteiger partial charge in [0.25, 0.3) is 0 Å². The minimum atomic E-state index is -1.07. The van der Waals surface area contributed by atoms with Gasteiger partial charge >= 0.3 is 5.97 Å². The van der Waals surface area contributed by atoms with Gasteiger partial charge in [0.05, 0.1) is 0 Å². The summed E-state index contributed by atoms with van der Waals surface area (Å²) in [5.74, 6) is 1.73. The van der Waals surface area contributed by atoms with Gasteiger partial charge in [-0.05, 0) is 13.8 Å². The van der Waals surface area contributed by atoms with E-state index >= 15 is 0 Å². The summed E-state index contributed by atoms with van der Waals surface area (Å²) in [4.78, 5) is 18.5. The first-order chi connectivity index (χ1) is 7.46. The average molecular weight is 219 g/mol. The van der Waals surface area contributed by atoms with Crippen molar-refractivity contribution in [2.75, 3.05) is 5.32 Å². The molecule has 0 spiro atoms. The second-order valence-electron chi connectivity index (χ2n) is 3.98. The zero-order valence-electron chi connectivity index (χ0n) is 9.19. The maximum Gasteiger partial charge on any atom is 0.341 e. The van der Waals surface area contributed by atoms with Gasteiger partial charge in [0, 0.05) is 18.2 Å². The van der Waals surface area contributed by atoms with Gasteiger partial charge in [0.1, 0.15) is 17.7 Å². The number of nitrogens with one attached hydrogen (secondary N) is 1. The average Bonchev–Trinajstić information content (AvgIpc) is 2.17. The first kappa shape index (κ1) is 12.0. The lowest BCUT2D eigenvalue weighted by Crippen LogP contribution is -2.31. The second-order valence-corrected chi connectivity index (χ2v) is 3.98. The van der Waals surface area contributed by atoms with Gasteiger partial charge in [-0.15, -0.1) is 12.3 Å². The summed E-state index contributed by atoms with van der Waals surface area (Å²) in [5, 5.41) is 11.9. The lowest BCUT2D eigenvalue weighted by molar-refractivity contribution is 0.0697. The molecule has 1 heterocycles. The molecule has 0 atom stereocenters. The van der Waals surface area contributed by atoms with Crippen LogP contribution in [0.2, 0.25) is 0 Å². The molecule has 5 heteroatoms. The fourth-order valence-electron chi connectivity index (χ4n) is 1.21. The Labute approximate surface area is 93.9 Å². The Morgan fingerprint density at radius 1 is 1.69 bits per heavy atom. The lowest BCUT2D eigenvalue weighted by Gasteiger charge is -2.25. The molecule has 0 radical (unpaired) electrons. The molecule has 84 valence electrons. The third-order valence-electron chi connectivity index (χ3n) is 1.94. The predicted octanol–water partition coefficient (Wildman–Crippen LogP) is 1.39. The van der Waals surface area contributed by atoms with E-state index in [1.54, 1.807) is 0 Å². The number of carbonyl (C=O) groups is 1. The molecule has 1 aromatic heterocycles. The van der Waals surface area contributed by atoms with Crippen LogP contribution in [0.15, 0.2) is 12.5 Å². The Hall–Kier alpha value is -2.09. The Morgan fingerprint density at radius 3 is 2.94 bits per heavy atom. The monoisotopic (exact) mass is 219 g/mol. The molecule has 0 saturated heterocycles. The van der Waals surface area contributed by atoms with E-state index in [1.807, 2.05) is 13.8 Å². The standard InChI is InChI=1S/C11H13N3O2/c1-4-5-11(2,3)14-9-8(10(15)16)6-12-7-13-9/h1,6-7H,5H2,2-3H3,(H,15,16)(H,12,13,14). The molecule has 0 aliphatic rings. The van der Waals surface area contributed by atoms with Gasteiger partial charge in [0.2, 0.25) is 0 Å². The van der Waals surface area contributed by atoms with Crippen LogP contribution in [-0.2, 0) is 0 Å². The van der Waals surface area contributed by atoms with Crippen LogP contribution < -0.4 is 5.32 Å². The van der Waals surface area contributed by atoms with Crippen LogP contribution in [0.25, 0.3) is 0 Å². The van der Waals surface area contributed by atoms with Crippen LogP contribution in [0, 0.1) is 12.3 Å². The number of carboxylic acid groups (broad SMARTS) is 1. The number of hydrogen-bond donors (Lipinski definition) is 2. The number of rotatable bonds is 4. The smallest absolute Gasteiger partial charge is 0.341 e. The quantitative estimate of drug-likeness (QED) is 0.748. The Balaban J connectivity index is 2.98. The molecule has 0 aliphatic carbocycles. The van der Waals surface area contributed by atoms with Crippen molar-refractivity contribution in [2.24, 2.45) is 0 Å². The second kappa shape index (κ2) is 4.62. The normalized spacial score (nSPS) is 10.6. The highest BCUT2D eigenvalue weighted by molar-refractivity contribution is 5.92. The molecule has 2 N–H and O–H groups in total. The maximum atomic E-state index is 10.9. The fourth-order valence-corrected chi connectivity index (χ4v) is 1.21. The van der Waals surface area contributed by atoms with E-state index in [4.69, 9.17) is 11.5 Å². The maximum absolute atomic E-state index is 10.9. The number of anilines is 1. The minimum Gasteiger partial charge on any atom is -0.477 e. The molecule has 0 fully saturated rings. The first-order valence-corrected chi connectivity index (χ1v) is 4.71. The van der Waals surface area contributed by atoms with Crippen molar-refractivity contribution < 1.29 is 9.90 Å². The van der Waals surface area contributed by atoms with E-state index in [0.29, 0.717) is 6.42 Å². The van der Waals surface area contributed by atoms with Gasteiger partial charge < -0.3 is 10.4 Å². The molecule has 1 aromatic rings. The molecule has 0 amide bonds. The number of hydrogen-bond acceptors (Lipinski definition) is 4. The van der Waals surface area contributed by atoms with Gasteiger partial charge in [-0.25, -0.2) is 14.8 Å². The third kappa shape index (κ3) is 2.95. The van der Waals surface area contributed by atoms with Crippen molar-refractivity contribution in [3.05, 3.63) is 18.1 Å². The summed E-state index contributed by atoms with van der Waals surface area (Å²) in [6, 6.07) is 0. The molecule has 5 nitrogen and oxygen atoms in total. The van der Waals surface area contributed by atoms with Crippen LogP contribution in [0.1, 0.15) is 30.6 Å². The van der Waals surface area contributed by atoms with Gasteiger partial charge in [-0.3, -0.25) is 0 Å². The summed E-state index contributed by atoms with van der Waals surface area (Å²) in [7, 11) is 0. The Kier molecular flexibility index (Phi) is 3.46. The molecule has 0 saturated carbocycles. The lowest BCUT2D eigenvalue weighted by atomic mass is 10.0. The summed E-state index contributed by atoms with van der Waals surface area (Å²) in [5.41, 5.74) is -0.375.